The summed E-state index contributed by atoms with van der Waals surface area (Å²) in [5, 5.41) is 13.2. The Morgan fingerprint density at radius 1 is 1.00 bits per heavy atom. The van der Waals surface area contributed by atoms with Crippen LogP contribution >= 0.6 is 0 Å². The van der Waals surface area contributed by atoms with Crippen molar-refractivity contribution in [2.75, 3.05) is 20.2 Å². The highest BCUT2D eigenvalue weighted by Crippen LogP contribution is 2.49. The molecule has 3 saturated heterocycles. The summed E-state index contributed by atoms with van der Waals surface area (Å²) in [4.78, 5) is 4.60. The Morgan fingerprint density at radius 2 is 1.69 bits per heavy atom. The van der Waals surface area contributed by atoms with Crippen LogP contribution in [0.2, 0.25) is 0 Å². The molecule has 210 valence electrons. The molecule has 3 fully saturated rings. The lowest BCUT2D eigenvalue weighted by Crippen LogP contribution is -2.67. The van der Waals surface area contributed by atoms with Crippen molar-refractivity contribution in [3.05, 3.63) is 70.9 Å². The van der Waals surface area contributed by atoms with Gasteiger partial charge >= 0.3 is 0 Å². The molecule has 6 rings (SSSR count). The number of pyridine rings is 1. The molecule has 1 aromatic heterocycles. The second-order valence-corrected chi connectivity index (χ2v) is 14.4. The number of methoxy groups -OCH3 is 1. The van der Waals surface area contributed by atoms with E-state index >= 15 is 0 Å². The van der Waals surface area contributed by atoms with Gasteiger partial charge in [0.2, 0.25) is 0 Å². The summed E-state index contributed by atoms with van der Waals surface area (Å²) >= 11 is 0. The van der Waals surface area contributed by atoms with Crippen LogP contribution < -0.4 is 4.74 Å². The van der Waals surface area contributed by atoms with Crippen molar-refractivity contribution in [1.82, 2.24) is 4.98 Å². The summed E-state index contributed by atoms with van der Waals surface area (Å²) in [6, 6.07) is 15.5. The first-order valence-electron chi connectivity index (χ1n) is 15.0. The van der Waals surface area contributed by atoms with Crippen molar-refractivity contribution < 1.29 is 14.3 Å². The molecule has 39 heavy (non-hydrogen) atoms. The van der Waals surface area contributed by atoms with Crippen molar-refractivity contribution >= 4 is 10.9 Å². The lowest BCUT2D eigenvalue weighted by molar-refractivity contribution is -0.985. The monoisotopic (exact) mass is 529 g/mol. The van der Waals surface area contributed by atoms with E-state index < -0.39 is 6.10 Å². The minimum absolute atomic E-state index is 0.0881. The molecular weight excluding hydrogens is 480 g/mol. The highest BCUT2D eigenvalue weighted by atomic mass is 16.5. The molecule has 1 N–H and O–H groups in total. The number of ether oxygens (including phenoxy) is 1. The molecule has 0 aliphatic carbocycles. The van der Waals surface area contributed by atoms with Gasteiger partial charge in [-0.2, -0.15) is 0 Å². The molecule has 4 nitrogen and oxygen atoms in total. The molecule has 3 aromatic rings. The van der Waals surface area contributed by atoms with Crippen molar-refractivity contribution in [1.29, 1.82) is 0 Å². The zero-order chi connectivity index (χ0) is 28.2. The molecule has 4 heteroatoms. The molecule has 3 aliphatic rings. The number of benzene rings is 2. The highest BCUT2D eigenvalue weighted by molar-refractivity contribution is 5.83. The van der Waals surface area contributed by atoms with E-state index in [1.807, 2.05) is 30.5 Å². The molecule has 0 saturated carbocycles. The number of hydrogen-bond acceptors (Lipinski definition) is 3. The maximum absolute atomic E-state index is 12.2. The standard InChI is InChI=1S/C35H49N2O2/c1-9-24-22-37(21-23-16-26(34(2,3)4)19-27(17-23)35(5,6)7)15-13-25(24)18-32(37)33(38)29-12-14-36-31-11-10-28(39-8)20-30(29)31/h10-12,14,16-17,19-20,24-25,32-33,38H,9,13,15,18,21-22H2,1-8H3/q+1. The molecule has 0 radical (unpaired) electrons. The van der Waals surface area contributed by atoms with Gasteiger partial charge in [0.15, 0.2) is 0 Å². The van der Waals surface area contributed by atoms with Crippen molar-refractivity contribution in [2.24, 2.45) is 11.8 Å². The number of piperidine rings is 3. The molecule has 0 amide bonds. The number of fused-ring (bicyclic) bond motifs is 4. The number of aliphatic hydroxyl groups excluding tert-OH is 1. The van der Waals surface area contributed by atoms with Gasteiger partial charge in [-0.05, 0) is 76.3 Å². The third-order valence-electron chi connectivity index (χ3n) is 9.87. The van der Waals surface area contributed by atoms with Gasteiger partial charge in [0.05, 0.1) is 25.7 Å². The predicted octanol–water partition coefficient (Wildman–Crippen LogP) is 7.71. The Morgan fingerprint density at radius 3 is 2.31 bits per heavy atom. The van der Waals surface area contributed by atoms with Gasteiger partial charge in [0, 0.05) is 35.9 Å². The molecule has 4 heterocycles. The van der Waals surface area contributed by atoms with Crippen LogP contribution in [0.25, 0.3) is 10.9 Å². The Balaban J connectivity index is 1.59. The maximum atomic E-state index is 12.2. The summed E-state index contributed by atoms with van der Waals surface area (Å²) in [5.74, 6) is 2.23. The average molecular weight is 530 g/mol. The zero-order valence-corrected chi connectivity index (χ0v) is 25.4. The van der Waals surface area contributed by atoms with Crippen LogP contribution in [0, 0.1) is 11.8 Å². The van der Waals surface area contributed by atoms with Crippen LogP contribution in [-0.4, -0.2) is 40.8 Å². The number of hydrogen-bond donors (Lipinski definition) is 1. The minimum atomic E-state index is -0.545. The largest absolute Gasteiger partial charge is 0.497 e. The van der Waals surface area contributed by atoms with Gasteiger partial charge in [-0.3, -0.25) is 4.98 Å². The lowest BCUT2D eigenvalue weighted by atomic mass is 9.70. The number of quaternary nitrogens is 1. The fourth-order valence-electron chi connectivity index (χ4n) is 7.41. The fourth-order valence-corrected chi connectivity index (χ4v) is 7.41. The second kappa shape index (κ2) is 10.2. The van der Waals surface area contributed by atoms with Crippen molar-refractivity contribution in [2.45, 2.75) is 97.2 Å². The summed E-state index contributed by atoms with van der Waals surface area (Å²) in [6.45, 7) is 19.5. The summed E-state index contributed by atoms with van der Waals surface area (Å²) in [5.41, 5.74) is 6.31. The Bertz CT molecular complexity index is 1300. The zero-order valence-electron chi connectivity index (χ0n) is 25.4. The van der Waals surface area contributed by atoms with Gasteiger partial charge in [-0.1, -0.05) is 54.5 Å². The number of rotatable bonds is 6. The van der Waals surface area contributed by atoms with Crippen LogP contribution in [0.3, 0.4) is 0 Å². The maximum Gasteiger partial charge on any atom is 0.131 e. The molecule has 5 unspecified atom stereocenters. The molecule has 3 aliphatic heterocycles. The smallest absolute Gasteiger partial charge is 0.131 e. The average Bonchev–Trinajstić information content (AvgIpc) is 2.90. The third kappa shape index (κ3) is 5.35. The van der Waals surface area contributed by atoms with E-state index in [1.54, 1.807) is 7.11 Å². The SMILES string of the molecule is CCC1C[N+]2(Cc3cc(C(C)(C)C)cc(C(C)(C)C)c3)CCC1CC2C(O)c1ccnc2ccc(OC)cc12. The molecule has 2 bridgehead atoms. The minimum Gasteiger partial charge on any atom is -0.497 e. The first-order chi connectivity index (χ1) is 18.3. The summed E-state index contributed by atoms with van der Waals surface area (Å²) < 4.78 is 6.52. The molecule has 2 aromatic carbocycles. The fraction of sp³-hybridized carbons (Fsp3) is 0.571. The molecular formula is C35H49N2O2+. The van der Waals surface area contributed by atoms with Gasteiger partial charge in [0.1, 0.15) is 24.4 Å². The van der Waals surface area contributed by atoms with E-state index in [9.17, 15) is 5.11 Å². The van der Waals surface area contributed by atoms with Crippen molar-refractivity contribution in [3.63, 3.8) is 0 Å². The number of aliphatic hydroxyl groups is 1. The normalized spacial score (nSPS) is 26.1. The van der Waals surface area contributed by atoms with Crippen LogP contribution in [-0.2, 0) is 17.4 Å². The first-order valence-corrected chi connectivity index (χ1v) is 15.0. The second-order valence-electron chi connectivity index (χ2n) is 14.4. The lowest BCUT2D eigenvalue weighted by Gasteiger charge is -2.58. The van der Waals surface area contributed by atoms with Crippen LogP contribution in [0.1, 0.15) is 96.1 Å². The molecule has 0 spiro atoms. The van der Waals surface area contributed by atoms with E-state index in [-0.39, 0.29) is 16.9 Å². The first kappa shape index (κ1) is 28.1. The third-order valence-corrected chi connectivity index (χ3v) is 9.87. The van der Waals surface area contributed by atoms with Gasteiger partial charge in [-0.25, -0.2) is 0 Å². The number of aromatic nitrogens is 1. The quantitative estimate of drug-likeness (QED) is 0.333. The van der Waals surface area contributed by atoms with Crippen LogP contribution in [0.4, 0.5) is 0 Å². The van der Waals surface area contributed by atoms with E-state index in [4.69, 9.17) is 4.74 Å². The van der Waals surface area contributed by atoms with E-state index in [2.05, 4.69) is 71.6 Å². The summed E-state index contributed by atoms with van der Waals surface area (Å²) in [6.07, 6.45) is 4.87. The molecule has 5 atom stereocenters. The topological polar surface area (TPSA) is 42.4 Å². The van der Waals surface area contributed by atoms with E-state index in [0.29, 0.717) is 5.92 Å². The Hall–Kier alpha value is -2.43. The van der Waals surface area contributed by atoms with E-state index in [1.165, 1.54) is 29.5 Å². The van der Waals surface area contributed by atoms with Gasteiger partial charge in [-0.15, -0.1) is 0 Å². The number of nitrogens with zero attached hydrogens (tertiary/aromatic N) is 2. The van der Waals surface area contributed by atoms with Crippen LogP contribution in [0.5, 0.6) is 5.75 Å². The van der Waals surface area contributed by atoms with Crippen molar-refractivity contribution in [3.8, 4) is 5.75 Å². The predicted molar refractivity (Wildman–Crippen MR) is 161 cm³/mol. The Kier molecular flexibility index (Phi) is 7.35. The summed E-state index contributed by atoms with van der Waals surface area (Å²) in [7, 11) is 1.70. The van der Waals surface area contributed by atoms with Gasteiger partial charge < -0.3 is 14.3 Å². The Labute approximate surface area is 236 Å². The highest BCUT2D eigenvalue weighted by Gasteiger charge is 2.54. The van der Waals surface area contributed by atoms with Gasteiger partial charge in [0.25, 0.3) is 0 Å². The van der Waals surface area contributed by atoms with Crippen LogP contribution in [0.15, 0.2) is 48.7 Å². The van der Waals surface area contributed by atoms with E-state index in [0.717, 1.165) is 58.7 Å².